The van der Waals surface area contributed by atoms with Crippen LogP contribution in [0.1, 0.15) is 48.2 Å². The number of carbonyl (C=O) groups excluding carboxylic acids is 2. The molecule has 2 heterocycles. The first-order valence-corrected chi connectivity index (χ1v) is 9.18. The number of hydrogen-bond acceptors (Lipinski definition) is 4. The van der Waals surface area contributed by atoms with Gasteiger partial charge in [0, 0.05) is 31.0 Å². The Hall–Kier alpha value is -2.63. The van der Waals surface area contributed by atoms with Gasteiger partial charge in [0.25, 0.3) is 5.91 Å². The van der Waals surface area contributed by atoms with Crippen molar-refractivity contribution < 1.29 is 14.0 Å². The monoisotopic (exact) mass is 353 g/mol. The minimum Gasteiger partial charge on any atom is -0.451 e. The molecule has 1 aliphatic carbocycles. The molecule has 136 valence electrons. The number of oxazole rings is 1. The number of carbonyl (C=O) groups is 2. The number of nitrogens with one attached hydrogen (secondary N) is 1. The zero-order valence-electron chi connectivity index (χ0n) is 14.7. The third-order valence-corrected chi connectivity index (χ3v) is 5.85. The van der Waals surface area contributed by atoms with E-state index in [0.717, 1.165) is 31.2 Å². The van der Waals surface area contributed by atoms with E-state index in [1.807, 2.05) is 23.1 Å². The zero-order chi connectivity index (χ0) is 18.0. The number of likely N-dealkylation sites (tertiary alicyclic amines) is 1. The summed E-state index contributed by atoms with van der Waals surface area (Å²) in [5, 5.41) is 3.02. The first-order chi connectivity index (χ1) is 12.7. The highest BCUT2D eigenvalue weighted by atomic mass is 16.3. The van der Waals surface area contributed by atoms with Crippen molar-refractivity contribution >= 4 is 11.8 Å². The van der Waals surface area contributed by atoms with Crippen LogP contribution in [-0.2, 0) is 11.3 Å². The SMILES string of the molecule is O=C(NC[C@@]12CCC[C@H]1N(Cc1ccccc1)C(=O)CC2)c1cocn1. The largest absolute Gasteiger partial charge is 0.451 e. The molecule has 2 fully saturated rings. The van der Waals surface area contributed by atoms with Gasteiger partial charge in [-0.25, -0.2) is 4.98 Å². The molecule has 6 nitrogen and oxygen atoms in total. The summed E-state index contributed by atoms with van der Waals surface area (Å²) in [5.41, 5.74) is 1.40. The molecule has 6 heteroatoms. The van der Waals surface area contributed by atoms with Crippen molar-refractivity contribution in [3.05, 3.63) is 54.2 Å². The van der Waals surface area contributed by atoms with E-state index in [0.29, 0.717) is 25.2 Å². The number of fused-ring (bicyclic) bond motifs is 1. The summed E-state index contributed by atoms with van der Waals surface area (Å²) in [6, 6.07) is 10.3. The maximum absolute atomic E-state index is 12.6. The van der Waals surface area contributed by atoms with Crippen LogP contribution in [0.5, 0.6) is 0 Å². The highest BCUT2D eigenvalue weighted by Gasteiger charge is 2.50. The average Bonchev–Trinajstić information content (AvgIpc) is 3.33. The van der Waals surface area contributed by atoms with Gasteiger partial charge in [-0.3, -0.25) is 9.59 Å². The molecule has 1 aromatic carbocycles. The van der Waals surface area contributed by atoms with Crippen LogP contribution in [0.15, 0.2) is 47.4 Å². The molecule has 26 heavy (non-hydrogen) atoms. The molecule has 2 aromatic rings. The van der Waals surface area contributed by atoms with Gasteiger partial charge in [0.2, 0.25) is 5.91 Å². The van der Waals surface area contributed by atoms with E-state index in [1.165, 1.54) is 12.7 Å². The van der Waals surface area contributed by atoms with Crippen LogP contribution < -0.4 is 5.32 Å². The van der Waals surface area contributed by atoms with Gasteiger partial charge in [0.05, 0.1) is 0 Å². The summed E-state index contributed by atoms with van der Waals surface area (Å²) >= 11 is 0. The fourth-order valence-corrected chi connectivity index (χ4v) is 4.52. The molecule has 1 N–H and O–H groups in total. The third kappa shape index (κ3) is 3.11. The van der Waals surface area contributed by atoms with E-state index in [1.54, 1.807) is 0 Å². The molecule has 0 radical (unpaired) electrons. The fourth-order valence-electron chi connectivity index (χ4n) is 4.52. The smallest absolute Gasteiger partial charge is 0.273 e. The lowest BCUT2D eigenvalue weighted by Crippen LogP contribution is -2.55. The summed E-state index contributed by atoms with van der Waals surface area (Å²) in [5.74, 6) is 0.00416. The van der Waals surface area contributed by atoms with Crippen LogP contribution in [0.3, 0.4) is 0 Å². The predicted molar refractivity (Wildman–Crippen MR) is 95.1 cm³/mol. The number of nitrogens with zero attached hydrogens (tertiary/aromatic N) is 2. The Morgan fingerprint density at radius 2 is 2.15 bits per heavy atom. The molecule has 2 aliphatic rings. The number of hydrogen-bond donors (Lipinski definition) is 1. The van der Waals surface area contributed by atoms with E-state index in [9.17, 15) is 9.59 Å². The van der Waals surface area contributed by atoms with Gasteiger partial charge in [0.15, 0.2) is 12.1 Å². The van der Waals surface area contributed by atoms with Crippen LogP contribution in [0.25, 0.3) is 0 Å². The molecule has 1 aliphatic heterocycles. The van der Waals surface area contributed by atoms with Crippen molar-refractivity contribution in [3.8, 4) is 0 Å². The summed E-state index contributed by atoms with van der Waals surface area (Å²) < 4.78 is 4.89. The van der Waals surface area contributed by atoms with Gasteiger partial charge in [0.1, 0.15) is 6.26 Å². The quantitative estimate of drug-likeness (QED) is 0.897. The first-order valence-electron chi connectivity index (χ1n) is 9.18. The summed E-state index contributed by atoms with van der Waals surface area (Å²) in [6.45, 7) is 1.21. The lowest BCUT2D eigenvalue weighted by atomic mass is 9.74. The Morgan fingerprint density at radius 1 is 1.31 bits per heavy atom. The zero-order valence-corrected chi connectivity index (χ0v) is 14.7. The van der Waals surface area contributed by atoms with Gasteiger partial charge in [-0.15, -0.1) is 0 Å². The molecule has 1 saturated carbocycles. The van der Waals surface area contributed by atoms with E-state index >= 15 is 0 Å². The van der Waals surface area contributed by atoms with Crippen molar-refractivity contribution in [1.29, 1.82) is 0 Å². The highest BCUT2D eigenvalue weighted by molar-refractivity contribution is 5.91. The molecule has 1 aromatic heterocycles. The molecule has 0 bridgehead atoms. The number of rotatable bonds is 5. The molecule has 4 rings (SSSR count). The standard InChI is InChI=1S/C20H23N3O3/c24-18-8-10-20(13-21-19(25)16-12-26-14-22-16)9-4-7-17(20)23(18)11-15-5-2-1-3-6-15/h1-3,5-6,12,14,17H,4,7-11,13H2,(H,21,25)/t17-,20+/m1/s1. The van der Waals surface area contributed by atoms with Gasteiger partial charge in [-0.05, 0) is 24.8 Å². The van der Waals surface area contributed by atoms with Crippen molar-refractivity contribution in [1.82, 2.24) is 15.2 Å². The maximum atomic E-state index is 12.6. The Balaban J connectivity index is 1.50. The van der Waals surface area contributed by atoms with Gasteiger partial charge in [-0.2, -0.15) is 0 Å². The van der Waals surface area contributed by atoms with Crippen molar-refractivity contribution in [3.63, 3.8) is 0 Å². The maximum Gasteiger partial charge on any atom is 0.273 e. The Labute approximate surface area is 152 Å². The topological polar surface area (TPSA) is 75.4 Å². The third-order valence-electron chi connectivity index (χ3n) is 5.85. The summed E-state index contributed by atoms with van der Waals surface area (Å²) in [4.78, 5) is 30.8. The molecular formula is C20H23N3O3. The van der Waals surface area contributed by atoms with Crippen molar-refractivity contribution in [2.75, 3.05) is 6.54 Å². The fraction of sp³-hybridized carbons (Fsp3) is 0.450. The molecule has 2 amide bonds. The van der Waals surface area contributed by atoms with Crippen LogP contribution >= 0.6 is 0 Å². The molecule has 2 atom stereocenters. The second kappa shape index (κ2) is 6.94. The minimum atomic E-state index is -0.217. The Kier molecular flexibility index (Phi) is 4.49. The van der Waals surface area contributed by atoms with Crippen molar-refractivity contribution in [2.24, 2.45) is 5.41 Å². The number of amides is 2. The summed E-state index contributed by atoms with van der Waals surface area (Å²) in [6.07, 6.45) is 7.11. The lowest BCUT2D eigenvalue weighted by Gasteiger charge is -2.46. The molecule has 1 saturated heterocycles. The second-order valence-electron chi connectivity index (χ2n) is 7.33. The van der Waals surface area contributed by atoms with E-state index < -0.39 is 0 Å². The van der Waals surface area contributed by atoms with Gasteiger partial charge in [-0.1, -0.05) is 36.8 Å². The Morgan fingerprint density at radius 3 is 2.92 bits per heavy atom. The summed E-state index contributed by atoms with van der Waals surface area (Å²) in [7, 11) is 0. The van der Waals surface area contributed by atoms with Gasteiger partial charge < -0.3 is 14.6 Å². The van der Waals surface area contributed by atoms with Crippen molar-refractivity contribution in [2.45, 2.75) is 44.7 Å². The van der Waals surface area contributed by atoms with Crippen LogP contribution in [0, 0.1) is 5.41 Å². The van der Waals surface area contributed by atoms with Gasteiger partial charge >= 0.3 is 0 Å². The van der Waals surface area contributed by atoms with E-state index in [2.05, 4.69) is 22.4 Å². The molecule has 0 spiro atoms. The van der Waals surface area contributed by atoms with E-state index in [4.69, 9.17) is 4.42 Å². The Bertz CT molecular complexity index is 775. The predicted octanol–water partition coefficient (Wildman–Crippen LogP) is 2.77. The highest BCUT2D eigenvalue weighted by Crippen LogP contribution is 2.48. The normalized spacial score (nSPS) is 25.2. The van der Waals surface area contributed by atoms with Crippen LogP contribution in [-0.4, -0.2) is 34.3 Å². The second-order valence-corrected chi connectivity index (χ2v) is 7.33. The molecule has 0 unspecified atom stereocenters. The molecular weight excluding hydrogens is 330 g/mol. The van der Waals surface area contributed by atoms with Crippen LogP contribution in [0.4, 0.5) is 0 Å². The lowest BCUT2D eigenvalue weighted by molar-refractivity contribution is -0.142. The van der Waals surface area contributed by atoms with Crippen LogP contribution in [0.2, 0.25) is 0 Å². The minimum absolute atomic E-state index is 0.0396. The number of aromatic nitrogens is 1. The number of benzene rings is 1. The first kappa shape index (κ1) is 16.8. The van der Waals surface area contributed by atoms with E-state index in [-0.39, 0.29) is 23.3 Å². The number of piperidine rings is 1. The average molecular weight is 353 g/mol.